The minimum Gasteiger partial charge on any atom is -0.464 e. The van der Waals surface area contributed by atoms with E-state index in [2.05, 4.69) is 16.4 Å². The van der Waals surface area contributed by atoms with Gasteiger partial charge in [0.2, 0.25) is 0 Å². The number of piperidine rings is 1. The van der Waals surface area contributed by atoms with E-state index in [1.54, 1.807) is 0 Å². The van der Waals surface area contributed by atoms with Gasteiger partial charge in [-0.05, 0) is 31.5 Å². The number of fused-ring (bicyclic) bond motifs is 1. The van der Waals surface area contributed by atoms with E-state index in [-0.39, 0.29) is 12.4 Å². The SMILES string of the molecule is Cl.Cn1c(OCC2CCCNC2)nc2ccccc21. The highest BCUT2D eigenvalue weighted by Gasteiger charge is 2.15. The molecule has 0 aliphatic carbocycles. The van der Waals surface area contributed by atoms with E-state index in [0.29, 0.717) is 5.92 Å². The van der Waals surface area contributed by atoms with Gasteiger partial charge in [0.15, 0.2) is 0 Å². The molecule has 0 radical (unpaired) electrons. The molecule has 0 spiro atoms. The Morgan fingerprint density at radius 2 is 2.26 bits per heavy atom. The molecule has 1 N–H and O–H groups in total. The van der Waals surface area contributed by atoms with E-state index < -0.39 is 0 Å². The average molecular weight is 282 g/mol. The maximum atomic E-state index is 5.87. The van der Waals surface area contributed by atoms with Gasteiger partial charge in [-0.2, -0.15) is 4.98 Å². The predicted molar refractivity (Wildman–Crippen MR) is 79.1 cm³/mol. The van der Waals surface area contributed by atoms with E-state index >= 15 is 0 Å². The number of halogens is 1. The summed E-state index contributed by atoms with van der Waals surface area (Å²) in [6.07, 6.45) is 2.49. The third kappa shape index (κ3) is 3.01. The molecule has 0 bridgehead atoms. The molecule has 1 fully saturated rings. The predicted octanol–water partition coefficient (Wildman–Crippen LogP) is 2.37. The van der Waals surface area contributed by atoms with Crippen molar-refractivity contribution in [3.05, 3.63) is 24.3 Å². The van der Waals surface area contributed by atoms with E-state index in [4.69, 9.17) is 4.74 Å². The molecule has 0 saturated carbocycles. The van der Waals surface area contributed by atoms with Crippen LogP contribution in [0.25, 0.3) is 11.0 Å². The lowest BCUT2D eigenvalue weighted by atomic mass is 10.0. The Labute approximate surface area is 119 Å². The highest BCUT2D eigenvalue weighted by atomic mass is 35.5. The summed E-state index contributed by atoms with van der Waals surface area (Å²) < 4.78 is 7.89. The molecule has 1 aliphatic heterocycles. The number of benzene rings is 1. The first kappa shape index (κ1) is 14.2. The smallest absolute Gasteiger partial charge is 0.297 e. The third-order valence-electron chi connectivity index (χ3n) is 3.59. The monoisotopic (exact) mass is 281 g/mol. The van der Waals surface area contributed by atoms with E-state index in [0.717, 1.165) is 36.7 Å². The molecule has 5 heteroatoms. The number of hydrogen-bond donors (Lipinski definition) is 1. The van der Waals surface area contributed by atoms with Gasteiger partial charge >= 0.3 is 0 Å². The maximum absolute atomic E-state index is 5.87. The molecule has 0 amide bonds. The van der Waals surface area contributed by atoms with Crippen molar-refractivity contribution in [1.82, 2.24) is 14.9 Å². The number of aromatic nitrogens is 2. The van der Waals surface area contributed by atoms with E-state index in [1.807, 2.05) is 29.8 Å². The topological polar surface area (TPSA) is 39.1 Å². The van der Waals surface area contributed by atoms with Crippen LogP contribution in [0.4, 0.5) is 0 Å². The van der Waals surface area contributed by atoms with Gasteiger partial charge in [-0.1, -0.05) is 12.1 Å². The van der Waals surface area contributed by atoms with Gasteiger partial charge in [0.05, 0.1) is 17.6 Å². The van der Waals surface area contributed by atoms with Crippen LogP contribution >= 0.6 is 12.4 Å². The Balaban J connectivity index is 0.00000133. The Morgan fingerprint density at radius 3 is 3.00 bits per heavy atom. The van der Waals surface area contributed by atoms with Crippen LogP contribution in [-0.2, 0) is 7.05 Å². The van der Waals surface area contributed by atoms with Crippen molar-refractivity contribution in [1.29, 1.82) is 0 Å². The Bertz CT molecular complexity index is 534. The fourth-order valence-electron chi connectivity index (χ4n) is 2.51. The lowest BCUT2D eigenvalue weighted by Crippen LogP contribution is -2.33. The third-order valence-corrected chi connectivity index (χ3v) is 3.59. The number of nitrogens with one attached hydrogen (secondary N) is 1. The van der Waals surface area contributed by atoms with Crippen LogP contribution in [0.1, 0.15) is 12.8 Å². The molecule has 2 aromatic rings. The summed E-state index contributed by atoms with van der Waals surface area (Å²) in [5.74, 6) is 0.610. The molecule has 1 aromatic carbocycles. The fraction of sp³-hybridized carbons (Fsp3) is 0.500. The van der Waals surface area contributed by atoms with Crippen LogP contribution in [0.5, 0.6) is 6.01 Å². The Kier molecular flexibility index (Phi) is 4.66. The summed E-state index contributed by atoms with van der Waals surface area (Å²) in [7, 11) is 2.00. The average Bonchev–Trinajstić information content (AvgIpc) is 2.75. The van der Waals surface area contributed by atoms with Crippen molar-refractivity contribution >= 4 is 23.4 Å². The van der Waals surface area contributed by atoms with E-state index in [9.17, 15) is 0 Å². The molecule has 19 heavy (non-hydrogen) atoms. The van der Waals surface area contributed by atoms with Crippen molar-refractivity contribution in [3.8, 4) is 6.01 Å². The first-order valence-corrected chi connectivity index (χ1v) is 6.59. The van der Waals surface area contributed by atoms with Gasteiger partial charge in [0.1, 0.15) is 0 Å². The summed E-state index contributed by atoms with van der Waals surface area (Å²) in [6.45, 7) is 2.96. The molecular formula is C14H20ClN3O. The zero-order chi connectivity index (χ0) is 12.4. The number of ether oxygens (including phenoxy) is 1. The summed E-state index contributed by atoms with van der Waals surface area (Å²) in [4.78, 5) is 4.52. The maximum Gasteiger partial charge on any atom is 0.297 e. The first-order chi connectivity index (χ1) is 8.84. The van der Waals surface area contributed by atoms with Crippen LogP contribution in [0.2, 0.25) is 0 Å². The van der Waals surface area contributed by atoms with Crippen molar-refractivity contribution in [2.75, 3.05) is 19.7 Å². The van der Waals surface area contributed by atoms with Crippen molar-refractivity contribution in [3.63, 3.8) is 0 Å². The summed E-state index contributed by atoms with van der Waals surface area (Å²) in [5, 5.41) is 3.41. The van der Waals surface area contributed by atoms with Gasteiger partial charge in [-0.15, -0.1) is 12.4 Å². The molecule has 1 aromatic heterocycles. The number of nitrogens with zero attached hydrogens (tertiary/aromatic N) is 2. The lowest BCUT2D eigenvalue weighted by Gasteiger charge is -2.22. The quantitative estimate of drug-likeness (QED) is 0.939. The number of rotatable bonds is 3. The van der Waals surface area contributed by atoms with Crippen LogP contribution < -0.4 is 10.1 Å². The van der Waals surface area contributed by atoms with Crippen LogP contribution in [-0.4, -0.2) is 29.2 Å². The van der Waals surface area contributed by atoms with Gasteiger partial charge in [-0.3, -0.25) is 4.57 Å². The number of hydrogen-bond acceptors (Lipinski definition) is 3. The van der Waals surface area contributed by atoms with E-state index in [1.165, 1.54) is 12.8 Å². The Morgan fingerprint density at radius 1 is 1.42 bits per heavy atom. The fourth-order valence-corrected chi connectivity index (χ4v) is 2.51. The molecule has 3 rings (SSSR count). The van der Waals surface area contributed by atoms with Crippen LogP contribution in [0.3, 0.4) is 0 Å². The first-order valence-electron chi connectivity index (χ1n) is 6.59. The number of aryl methyl sites for hydroxylation is 1. The standard InChI is InChI=1S/C14H19N3O.ClH/c1-17-13-7-3-2-6-12(13)16-14(17)18-10-11-5-4-8-15-9-11;/h2-3,6-7,11,15H,4-5,8-10H2,1H3;1H. The second-order valence-corrected chi connectivity index (χ2v) is 4.97. The minimum atomic E-state index is 0. The van der Waals surface area contributed by atoms with Gasteiger partial charge in [-0.25, -0.2) is 0 Å². The second kappa shape index (κ2) is 6.26. The van der Waals surface area contributed by atoms with Crippen molar-refractivity contribution in [2.24, 2.45) is 13.0 Å². The van der Waals surface area contributed by atoms with Gasteiger partial charge < -0.3 is 10.1 Å². The second-order valence-electron chi connectivity index (χ2n) is 4.97. The number of para-hydroxylation sites is 2. The largest absolute Gasteiger partial charge is 0.464 e. The summed E-state index contributed by atoms with van der Waals surface area (Å²) in [5.41, 5.74) is 2.12. The molecular weight excluding hydrogens is 262 g/mol. The molecule has 4 nitrogen and oxygen atoms in total. The molecule has 1 atom stereocenters. The minimum absolute atomic E-state index is 0. The normalized spacial score (nSPS) is 19.1. The zero-order valence-electron chi connectivity index (χ0n) is 11.1. The molecule has 1 saturated heterocycles. The summed E-state index contributed by atoms with van der Waals surface area (Å²) in [6, 6.07) is 8.84. The lowest BCUT2D eigenvalue weighted by molar-refractivity contribution is 0.201. The zero-order valence-corrected chi connectivity index (χ0v) is 11.9. The van der Waals surface area contributed by atoms with Gasteiger partial charge in [0, 0.05) is 19.5 Å². The van der Waals surface area contributed by atoms with Crippen molar-refractivity contribution in [2.45, 2.75) is 12.8 Å². The van der Waals surface area contributed by atoms with Crippen molar-refractivity contribution < 1.29 is 4.74 Å². The summed E-state index contributed by atoms with van der Waals surface area (Å²) >= 11 is 0. The number of imidazole rings is 1. The molecule has 104 valence electrons. The Hall–Kier alpha value is -1.26. The van der Waals surface area contributed by atoms with Crippen LogP contribution in [0, 0.1) is 5.92 Å². The molecule has 1 aliphatic rings. The van der Waals surface area contributed by atoms with Crippen LogP contribution in [0.15, 0.2) is 24.3 Å². The molecule has 1 unspecified atom stereocenters. The highest BCUT2D eigenvalue weighted by molar-refractivity contribution is 5.85. The highest BCUT2D eigenvalue weighted by Crippen LogP contribution is 2.20. The molecule has 2 heterocycles. The van der Waals surface area contributed by atoms with Gasteiger partial charge in [0.25, 0.3) is 6.01 Å².